The second-order valence-electron chi connectivity index (χ2n) is 4.12. The third-order valence-corrected chi connectivity index (χ3v) is 3.35. The Balaban J connectivity index is 2.03. The molecule has 0 aromatic heterocycles. The first kappa shape index (κ1) is 15.2. The van der Waals surface area contributed by atoms with E-state index in [1.54, 1.807) is 24.3 Å². The Kier molecular flexibility index (Phi) is 4.67. The number of benzene rings is 2. The monoisotopic (exact) mass is 323 g/mol. The van der Waals surface area contributed by atoms with Gasteiger partial charge in [-0.2, -0.15) is 0 Å². The molecule has 21 heavy (non-hydrogen) atoms. The van der Waals surface area contributed by atoms with Gasteiger partial charge in [0.1, 0.15) is 0 Å². The number of halogens is 2. The summed E-state index contributed by atoms with van der Waals surface area (Å²) in [5, 5.41) is 5.32. The van der Waals surface area contributed by atoms with Gasteiger partial charge in [0, 0.05) is 11.4 Å². The number of nitrogen functional groups attached to an aromatic ring is 1. The molecule has 0 atom stereocenters. The normalized spacial score (nSPS) is 10.0. The third-order valence-electron chi connectivity index (χ3n) is 2.61. The molecule has 0 bridgehead atoms. The molecule has 0 heterocycles. The van der Waals surface area contributed by atoms with Gasteiger partial charge in [0.2, 0.25) is 0 Å². The van der Waals surface area contributed by atoms with Gasteiger partial charge in [-0.05, 0) is 30.3 Å². The zero-order valence-corrected chi connectivity index (χ0v) is 12.2. The molecular weight excluding hydrogens is 313 g/mol. The van der Waals surface area contributed by atoms with Gasteiger partial charge >= 0.3 is 6.03 Å². The van der Waals surface area contributed by atoms with Crippen molar-refractivity contribution in [2.24, 2.45) is 0 Å². The topological polar surface area (TPSA) is 84.2 Å². The molecule has 4 N–H and O–H groups in total. The molecule has 3 amide bonds. The molecule has 2 aromatic rings. The second-order valence-corrected chi connectivity index (χ2v) is 4.94. The summed E-state index contributed by atoms with van der Waals surface area (Å²) in [7, 11) is 0. The van der Waals surface area contributed by atoms with E-state index < -0.39 is 11.9 Å². The van der Waals surface area contributed by atoms with Crippen molar-refractivity contribution in [3.05, 3.63) is 58.1 Å². The highest BCUT2D eigenvalue weighted by Crippen LogP contribution is 2.24. The highest BCUT2D eigenvalue weighted by molar-refractivity contribution is 6.42. The molecule has 7 heteroatoms. The first-order valence-electron chi connectivity index (χ1n) is 5.89. The molecular formula is C14H11Cl2N3O2. The average molecular weight is 324 g/mol. The van der Waals surface area contributed by atoms with Crippen LogP contribution in [0, 0.1) is 0 Å². The summed E-state index contributed by atoms with van der Waals surface area (Å²) in [6.45, 7) is 0. The van der Waals surface area contributed by atoms with Gasteiger partial charge in [-0.15, -0.1) is 0 Å². The zero-order valence-electron chi connectivity index (χ0n) is 10.7. The molecule has 0 saturated carbocycles. The van der Waals surface area contributed by atoms with E-state index in [2.05, 4.69) is 10.6 Å². The Bertz CT molecular complexity index is 704. The van der Waals surface area contributed by atoms with Crippen molar-refractivity contribution in [3.8, 4) is 0 Å². The van der Waals surface area contributed by atoms with Crippen molar-refractivity contribution >= 4 is 46.5 Å². The fourth-order valence-corrected chi connectivity index (χ4v) is 1.91. The molecule has 0 fully saturated rings. The molecule has 0 aliphatic rings. The number of para-hydroxylation sites is 1. The van der Waals surface area contributed by atoms with Gasteiger partial charge in [0.25, 0.3) is 5.91 Å². The van der Waals surface area contributed by atoms with Gasteiger partial charge in [0.05, 0.1) is 15.6 Å². The van der Waals surface area contributed by atoms with Gasteiger partial charge < -0.3 is 11.1 Å². The quantitative estimate of drug-likeness (QED) is 0.739. The first-order valence-corrected chi connectivity index (χ1v) is 6.65. The van der Waals surface area contributed by atoms with Crippen LogP contribution in [0.2, 0.25) is 10.0 Å². The summed E-state index contributed by atoms with van der Waals surface area (Å²) in [5.74, 6) is -0.592. The van der Waals surface area contributed by atoms with Crippen LogP contribution in [-0.2, 0) is 0 Å². The lowest BCUT2D eigenvalue weighted by Crippen LogP contribution is -2.34. The summed E-state index contributed by atoms with van der Waals surface area (Å²) in [4.78, 5) is 23.6. The summed E-state index contributed by atoms with van der Waals surface area (Å²) in [6.07, 6.45) is 0. The van der Waals surface area contributed by atoms with Crippen LogP contribution in [0.3, 0.4) is 0 Å². The van der Waals surface area contributed by atoms with E-state index in [-0.39, 0.29) is 11.3 Å². The molecule has 0 unspecified atom stereocenters. The second kappa shape index (κ2) is 6.47. The minimum Gasteiger partial charge on any atom is -0.398 e. The lowest BCUT2D eigenvalue weighted by Gasteiger charge is -2.08. The molecule has 0 aliphatic carbocycles. The SMILES string of the molecule is Nc1ccccc1C(=O)NC(=O)Nc1ccc(Cl)c(Cl)c1. The van der Waals surface area contributed by atoms with Crippen molar-refractivity contribution in [1.29, 1.82) is 0 Å². The van der Waals surface area contributed by atoms with Crippen LogP contribution in [0.5, 0.6) is 0 Å². The standard InChI is InChI=1S/C14H11Cl2N3O2/c15-10-6-5-8(7-11(10)16)18-14(21)19-13(20)9-3-1-2-4-12(9)17/h1-7H,17H2,(H2,18,19,20,21). The van der Waals surface area contributed by atoms with Crippen molar-refractivity contribution < 1.29 is 9.59 Å². The van der Waals surface area contributed by atoms with E-state index in [9.17, 15) is 9.59 Å². The Labute approximate surface area is 131 Å². The van der Waals surface area contributed by atoms with Crippen molar-refractivity contribution in [2.75, 3.05) is 11.1 Å². The van der Waals surface area contributed by atoms with Crippen molar-refractivity contribution in [3.63, 3.8) is 0 Å². The Hall–Kier alpha value is -2.24. The number of hydrogen-bond donors (Lipinski definition) is 3. The van der Waals surface area contributed by atoms with Gasteiger partial charge in [-0.25, -0.2) is 4.79 Å². The number of anilines is 2. The molecule has 0 spiro atoms. The number of imide groups is 1. The van der Waals surface area contributed by atoms with Crippen molar-refractivity contribution in [1.82, 2.24) is 5.32 Å². The average Bonchev–Trinajstić information content (AvgIpc) is 2.43. The maximum Gasteiger partial charge on any atom is 0.326 e. The van der Waals surface area contributed by atoms with E-state index >= 15 is 0 Å². The molecule has 2 aromatic carbocycles. The number of amides is 3. The fourth-order valence-electron chi connectivity index (χ4n) is 1.61. The number of carbonyl (C=O) groups excluding carboxylic acids is 2. The Morgan fingerprint density at radius 3 is 2.38 bits per heavy atom. The van der Waals surface area contributed by atoms with Crippen LogP contribution in [0.1, 0.15) is 10.4 Å². The predicted octanol–water partition coefficient (Wildman–Crippen LogP) is 3.54. The minimum absolute atomic E-state index is 0.224. The lowest BCUT2D eigenvalue weighted by molar-refractivity contribution is 0.0968. The number of rotatable bonds is 2. The van der Waals surface area contributed by atoms with Crippen LogP contribution in [0.25, 0.3) is 0 Å². The maximum absolute atomic E-state index is 11.9. The molecule has 5 nitrogen and oxygen atoms in total. The van der Waals surface area contributed by atoms with Crippen molar-refractivity contribution in [2.45, 2.75) is 0 Å². The molecule has 0 saturated heterocycles. The number of nitrogens with one attached hydrogen (secondary N) is 2. The molecule has 0 radical (unpaired) electrons. The van der Waals surface area contributed by atoms with Crippen LogP contribution in [-0.4, -0.2) is 11.9 Å². The smallest absolute Gasteiger partial charge is 0.326 e. The fraction of sp³-hybridized carbons (Fsp3) is 0. The van der Waals surface area contributed by atoms with Crippen LogP contribution >= 0.6 is 23.2 Å². The summed E-state index contributed by atoms with van der Waals surface area (Å²) in [5.41, 5.74) is 6.59. The minimum atomic E-state index is -0.693. The molecule has 0 aliphatic heterocycles. The van der Waals surface area contributed by atoms with E-state index in [4.69, 9.17) is 28.9 Å². The first-order chi connectivity index (χ1) is 9.97. The van der Waals surface area contributed by atoms with E-state index in [1.165, 1.54) is 18.2 Å². The largest absolute Gasteiger partial charge is 0.398 e. The summed E-state index contributed by atoms with van der Waals surface area (Å²) >= 11 is 11.6. The van der Waals surface area contributed by atoms with Crippen LogP contribution < -0.4 is 16.4 Å². The van der Waals surface area contributed by atoms with Gasteiger partial charge in [-0.1, -0.05) is 35.3 Å². The highest BCUT2D eigenvalue weighted by Gasteiger charge is 2.13. The maximum atomic E-state index is 11.9. The zero-order chi connectivity index (χ0) is 15.4. The lowest BCUT2D eigenvalue weighted by atomic mass is 10.2. The molecule has 108 valence electrons. The van der Waals surface area contributed by atoms with E-state index in [1.807, 2.05) is 0 Å². The highest BCUT2D eigenvalue weighted by atomic mass is 35.5. The predicted molar refractivity (Wildman–Crippen MR) is 83.8 cm³/mol. The van der Waals surface area contributed by atoms with Crippen LogP contribution in [0.15, 0.2) is 42.5 Å². The number of carbonyl (C=O) groups is 2. The summed E-state index contributed by atoms with van der Waals surface area (Å²) in [6, 6.07) is 10.3. The number of urea groups is 1. The third kappa shape index (κ3) is 3.87. The van der Waals surface area contributed by atoms with Crippen LogP contribution in [0.4, 0.5) is 16.2 Å². The summed E-state index contributed by atoms with van der Waals surface area (Å²) < 4.78 is 0. The number of hydrogen-bond acceptors (Lipinski definition) is 3. The van der Waals surface area contributed by atoms with E-state index in [0.29, 0.717) is 15.7 Å². The Morgan fingerprint density at radius 2 is 1.71 bits per heavy atom. The van der Waals surface area contributed by atoms with Gasteiger partial charge in [0.15, 0.2) is 0 Å². The Morgan fingerprint density at radius 1 is 1.00 bits per heavy atom. The van der Waals surface area contributed by atoms with E-state index in [0.717, 1.165) is 0 Å². The molecule has 2 rings (SSSR count). The number of nitrogens with two attached hydrogens (primary N) is 1. The van der Waals surface area contributed by atoms with Gasteiger partial charge in [-0.3, -0.25) is 10.1 Å².